The minimum Gasteiger partial charge on any atom is -0.465 e. The van der Waals surface area contributed by atoms with Crippen molar-refractivity contribution in [3.05, 3.63) is 71.8 Å². The van der Waals surface area contributed by atoms with Gasteiger partial charge in [0.05, 0.1) is 24.3 Å². The van der Waals surface area contributed by atoms with E-state index in [0.29, 0.717) is 12.8 Å². The van der Waals surface area contributed by atoms with Crippen molar-refractivity contribution in [3.63, 3.8) is 0 Å². The molecule has 0 spiro atoms. The fraction of sp³-hybridized carbons (Fsp3) is 0.562. The van der Waals surface area contributed by atoms with Crippen LogP contribution in [-0.4, -0.2) is 85.8 Å². The monoisotopic (exact) mass is 571 g/mol. The highest BCUT2D eigenvalue weighted by Gasteiger charge is 2.43. The molecule has 0 fully saturated rings. The molecule has 2 aromatic carbocycles. The van der Waals surface area contributed by atoms with Crippen molar-refractivity contribution in [3.8, 4) is 0 Å². The van der Waals surface area contributed by atoms with Crippen LogP contribution in [0, 0.1) is 5.41 Å². The van der Waals surface area contributed by atoms with E-state index >= 15 is 0 Å². The number of amides is 2. The van der Waals surface area contributed by atoms with Crippen LogP contribution < -0.4 is 10.6 Å². The summed E-state index contributed by atoms with van der Waals surface area (Å²) in [5.41, 5.74) is -1.39. The zero-order valence-electron chi connectivity index (χ0n) is 25.5. The van der Waals surface area contributed by atoms with Crippen LogP contribution in [0.4, 0.5) is 4.79 Å². The molecule has 2 amide bonds. The largest absolute Gasteiger partial charge is 0.465 e. The van der Waals surface area contributed by atoms with Crippen molar-refractivity contribution in [1.82, 2.24) is 15.5 Å². The quantitative estimate of drug-likeness (QED) is 0.217. The van der Waals surface area contributed by atoms with Crippen molar-refractivity contribution in [2.45, 2.75) is 96.7 Å². The second-order valence-corrected chi connectivity index (χ2v) is 13.0. The maximum atomic E-state index is 13.1. The molecule has 0 bridgehead atoms. The van der Waals surface area contributed by atoms with Gasteiger partial charge in [-0.3, -0.25) is 9.69 Å². The van der Waals surface area contributed by atoms with Crippen LogP contribution in [0.25, 0.3) is 0 Å². The summed E-state index contributed by atoms with van der Waals surface area (Å²) in [5, 5.41) is 49.2. The molecule has 0 aliphatic carbocycles. The highest BCUT2D eigenvalue weighted by atomic mass is 16.4. The summed E-state index contributed by atoms with van der Waals surface area (Å²) in [6.07, 6.45) is -2.64. The van der Waals surface area contributed by atoms with Gasteiger partial charge in [0.15, 0.2) is 0 Å². The van der Waals surface area contributed by atoms with Crippen molar-refractivity contribution < 1.29 is 30.0 Å². The lowest BCUT2D eigenvalue weighted by molar-refractivity contribution is -0.150. The molecule has 0 aliphatic heterocycles. The van der Waals surface area contributed by atoms with E-state index < -0.39 is 52.8 Å². The molecule has 5 atom stereocenters. The van der Waals surface area contributed by atoms with E-state index in [1.54, 1.807) is 41.5 Å². The Hall–Kier alpha value is -2.98. The summed E-state index contributed by atoms with van der Waals surface area (Å²) < 4.78 is 0. The lowest BCUT2D eigenvalue weighted by Crippen LogP contribution is -2.59. The molecule has 41 heavy (non-hydrogen) atoms. The summed E-state index contributed by atoms with van der Waals surface area (Å²) in [5.74, 6) is -0.588. The van der Waals surface area contributed by atoms with E-state index in [1.165, 1.54) is 11.8 Å². The number of carbonyl (C=O) groups is 2. The van der Waals surface area contributed by atoms with Crippen molar-refractivity contribution in [2.24, 2.45) is 5.41 Å². The molecule has 0 aromatic heterocycles. The number of carboxylic acid groups (broad SMARTS) is 1. The van der Waals surface area contributed by atoms with Gasteiger partial charge in [0, 0.05) is 18.6 Å². The second-order valence-electron chi connectivity index (χ2n) is 13.0. The van der Waals surface area contributed by atoms with E-state index in [1.807, 2.05) is 60.7 Å². The highest BCUT2D eigenvalue weighted by molar-refractivity contribution is 5.85. The first-order valence-electron chi connectivity index (χ1n) is 14.2. The Bertz CT molecular complexity index is 1100. The van der Waals surface area contributed by atoms with Crippen molar-refractivity contribution in [2.75, 3.05) is 13.1 Å². The Morgan fingerprint density at radius 3 is 1.68 bits per heavy atom. The highest BCUT2D eigenvalue weighted by Crippen LogP contribution is 2.30. The third-order valence-electron chi connectivity index (χ3n) is 7.68. The van der Waals surface area contributed by atoms with E-state index in [0.717, 1.165) is 11.1 Å². The van der Waals surface area contributed by atoms with Crippen molar-refractivity contribution in [1.29, 1.82) is 0 Å². The summed E-state index contributed by atoms with van der Waals surface area (Å²) in [4.78, 5) is 26.6. The lowest BCUT2D eigenvalue weighted by atomic mass is 9.77. The fourth-order valence-corrected chi connectivity index (χ4v) is 4.64. The molecule has 0 radical (unpaired) electrons. The molecule has 2 aromatic rings. The third kappa shape index (κ3) is 9.81. The second kappa shape index (κ2) is 14.3. The first-order valence-corrected chi connectivity index (χ1v) is 14.2. The van der Waals surface area contributed by atoms with E-state index in [2.05, 4.69) is 10.6 Å². The van der Waals surface area contributed by atoms with Crippen LogP contribution in [0.5, 0.6) is 0 Å². The fourth-order valence-electron chi connectivity index (χ4n) is 4.64. The van der Waals surface area contributed by atoms with Crippen LogP contribution in [-0.2, 0) is 17.6 Å². The van der Waals surface area contributed by atoms with Gasteiger partial charge in [-0.1, -0.05) is 81.4 Å². The average molecular weight is 572 g/mol. The third-order valence-corrected chi connectivity index (χ3v) is 7.68. The van der Waals surface area contributed by atoms with Crippen molar-refractivity contribution >= 4 is 12.0 Å². The number of carbonyl (C=O) groups excluding carboxylic acids is 1. The average Bonchev–Trinajstić information content (AvgIpc) is 2.87. The van der Waals surface area contributed by atoms with E-state index in [9.17, 15) is 30.0 Å². The lowest BCUT2D eigenvalue weighted by Gasteiger charge is -2.42. The number of nitrogens with zero attached hydrogens (tertiary/aromatic N) is 1. The van der Waals surface area contributed by atoms with Gasteiger partial charge in [-0.15, -0.1) is 0 Å². The van der Waals surface area contributed by atoms with Gasteiger partial charge < -0.3 is 31.1 Å². The van der Waals surface area contributed by atoms with Crippen LogP contribution >= 0.6 is 0 Å². The first kappa shape index (κ1) is 34.2. The van der Waals surface area contributed by atoms with Gasteiger partial charge >= 0.3 is 6.09 Å². The predicted molar refractivity (Wildman–Crippen MR) is 161 cm³/mol. The number of hydrogen-bond acceptors (Lipinski definition) is 6. The molecule has 0 saturated carbocycles. The molecule has 9 heteroatoms. The number of aliphatic hydroxyl groups excluding tert-OH is 2. The number of hydrogen-bond donors (Lipinski definition) is 6. The summed E-state index contributed by atoms with van der Waals surface area (Å²) >= 11 is 0. The Morgan fingerprint density at radius 1 is 0.780 bits per heavy atom. The van der Waals surface area contributed by atoms with E-state index in [-0.39, 0.29) is 13.1 Å². The first-order chi connectivity index (χ1) is 18.9. The number of nitrogens with one attached hydrogen (secondary N) is 2. The zero-order chi connectivity index (χ0) is 31.0. The number of rotatable bonds is 13. The van der Waals surface area contributed by atoms with Gasteiger partial charge in [-0.25, -0.2) is 4.79 Å². The van der Waals surface area contributed by atoms with Gasteiger partial charge in [-0.2, -0.15) is 0 Å². The molecule has 6 N–H and O–H groups in total. The molecule has 0 heterocycles. The maximum absolute atomic E-state index is 13.1. The minimum atomic E-state index is -1.68. The Labute approximate surface area is 244 Å². The van der Waals surface area contributed by atoms with Gasteiger partial charge in [-0.05, 0) is 57.1 Å². The number of aliphatic hydroxyl groups is 3. The van der Waals surface area contributed by atoms with Gasteiger partial charge in [0.25, 0.3) is 5.91 Å². The maximum Gasteiger partial charge on any atom is 0.408 e. The van der Waals surface area contributed by atoms with Crippen LogP contribution in [0.3, 0.4) is 0 Å². The molecule has 0 unspecified atom stereocenters. The van der Waals surface area contributed by atoms with Gasteiger partial charge in [0.2, 0.25) is 0 Å². The van der Waals surface area contributed by atoms with Gasteiger partial charge in [0.1, 0.15) is 5.60 Å². The predicted octanol–water partition coefficient (Wildman–Crippen LogP) is 3.21. The molecular formula is C32H49N3O6. The van der Waals surface area contributed by atoms with Crippen LogP contribution in [0.15, 0.2) is 60.7 Å². The Kier molecular flexibility index (Phi) is 11.9. The van der Waals surface area contributed by atoms with E-state index in [4.69, 9.17) is 0 Å². The topological polar surface area (TPSA) is 142 Å². The smallest absolute Gasteiger partial charge is 0.408 e. The standard InChI is InChI=1S/C32H49N3O6/c1-30(2,3)32(7,41)28(38)34-24(18-22-14-10-8-11-15-22)26(36)20-33-21-27(37)25(19-23-16-12-9-13-17-23)35(29(39)40)31(4,5)6/h8-17,24-27,33,36-37,41H,18-21H2,1-7H3,(H,34,38)(H,39,40)/t24-,25-,26+,27+,32-/m0/s1. The summed E-state index contributed by atoms with van der Waals surface area (Å²) in [6, 6.07) is 17.3. The Balaban J connectivity index is 2.19. The SMILES string of the molecule is CC(C)(C)N(C(=O)O)[C@@H](Cc1ccccc1)[C@H](O)CNC[C@@H](O)[C@H](Cc1ccccc1)NC(=O)[C@](C)(O)C(C)(C)C. The summed E-state index contributed by atoms with van der Waals surface area (Å²) in [7, 11) is 0. The minimum absolute atomic E-state index is 0.0140. The molecule has 9 nitrogen and oxygen atoms in total. The molecule has 2 rings (SSSR count). The molecule has 0 aliphatic rings. The number of benzene rings is 2. The molecule has 0 saturated heterocycles. The summed E-state index contributed by atoms with van der Waals surface area (Å²) in [6.45, 7) is 12.1. The van der Waals surface area contributed by atoms with Crippen LogP contribution in [0.2, 0.25) is 0 Å². The van der Waals surface area contributed by atoms with Crippen LogP contribution in [0.1, 0.15) is 59.6 Å². The molecule has 228 valence electrons. The Morgan fingerprint density at radius 2 is 1.24 bits per heavy atom. The normalized spacial score (nSPS) is 16.6. The molecular weight excluding hydrogens is 522 g/mol. The zero-order valence-corrected chi connectivity index (χ0v) is 25.5.